The maximum atomic E-state index is 14.2. The van der Waals surface area contributed by atoms with Crippen LogP contribution in [-0.4, -0.2) is 116 Å². The molecule has 0 aliphatic carbocycles. The van der Waals surface area contributed by atoms with Crippen molar-refractivity contribution >= 4 is 23.9 Å². The van der Waals surface area contributed by atoms with E-state index in [2.05, 4.69) is 105 Å². The number of ether oxygens (including phenoxy) is 3. The third-order valence-corrected chi connectivity index (χ3v) is 12.5. The first-order valence-corrected chi connectivity index (χ1v) is 18.0. The summed E-state index contributed by atoms with van der Waals surface area (Å²) < 4.78 is 18.2. The maximum absolute atomic E-state index is 14.2. The van der Waals surface area contributed by atoms with Gasteiger partial charge in [-0.15, -0.1) is 0 Å². The molecule has 3 aliphatic rings. The molecule has 3 aliphatic heterocycles. The van der Waals surface area contributed by atoms with Crippen LogP contribution in [0.2, 0.25) is 0 Å². The fourth-order valence-corrected chi connectivity index (χ4v) is 8.97. The summed E-state index contributed by atoms with van der Waals surface area (Å²) in [5, 5.41) is 10.0. The molecule has 2 unspecified atom stereocenters. The molecule has 1 N–H and O–H groups in total. The van der Waals surface area contributed by atoms with E-state index in [9.17, 15) is 24.3 Å². The number of carbonyl (C=O) groups is 4. The van der Waals surface area contributed by atoms with Gasteiger partial charge in [-0.05, 0) is 104 Å². The number of aliphatic carboxylic acids is 1. The Morgan fingerprint density at radius 2 is 0.755 bits per heavy atom. The fourth-order valence-electron chi connectivity index (χ4n) is 8.97. The number of carboxylic acid groups (broad SMARTS) is 1. The standard InChI is InChI=1S/C38H67N3O8/c1-33(2)18-24(19-34(3,4)39(33)13)47-30(44)17-28(32(46)49-26-22-37(9,10)41(15)38(11,12)23-26)27(16-29(42)43)31(45)48-25-20-35(5,6)40(14)36(7,8)21-25/h24-28H,16-23H2,1-15H3,(H,42,43). The van der Waals surface area contributed by atoms with Crippen LogP contribution in [0.25, 0.3) is 0 Å². The number of hydrogen-bond donors (Lipinski definition) is 1. The minimum absolute atomic E-state index is 0.246. The second-order valence-corrected chi connectivity index (χ2v) is 19.0. The molecule has 11 nitrogen and oxygen atoms in total. The molecule has 49 heavy (non-hydrogen) atoms. The molecule has 0 spiro atoms. The van der Waals surface area contributed by atoms with Gasteiger partial charge in [-0.3, -0.25) is 33.9 Å². The van der Waals surface area contributed by atoms with Gasteiger partial charge >= 0.3 is 23.9 Å². The summed E-state index contributed by atoms with van der Waals surface area (Å²) in [4.78, 5) is 61.0. The van der Waals surface area contributed by atoms with Crippen LogP contribution in [0.3, 0.4) is 0 Å². The van der Waals surface area contributed by atoms with Crippen molar-refractivity contribution in [3.8, 4) is 0 Å². The fraction of sp³-hybridized carbons (Fsp3) is 0.895. The van der Waals surface area contributed by atoms with Gasteiger partial charge in [0.25, 0.3) is 0 Å². The first-order chi connectivity index (χ1) is 22.0. The number of hydrogen-bond acceptors (Lipinski definition) is 10. The van der Waals surface area contributed by atoms with Crippen molar-refractivity contribution in [3.05, 3.63) is 0 Å². The minimum Gasteiger partial charge on any atom is -0.481 e. The largest absolute Gasteiger partial charge is 0.481 e. The Labute approximate surface area is 295 Å². The number of esters is 3. The lowest BCUT2D eigenvalue weighted by Crippen LogP contribution is -2.61. The Hall–Kier alpha value is -2.24. The molecule has 3 fully saturated rings. The van der Waals surface area contributed by atoms with E-state index < -0.39 is 66.9 Å². The summed E-state index contributed by atoms with van der Waals surface area (Å²) in [5.41, 5.74) is -1.65. The molecule has 282 valence electrons. The van der Waals surface area contributed by atoms with E-state index in [0.29, 0.717) is 38.5 Å². The monoisotopic (exact) mass is 693 g/mol. The van der Waals surface area contributed by atoms with Gasteiger partial charge in [0.2, 0.25) is 0 Å². The molecule has 0 amide bonds. The molecule has 3 saturated heterocycles. The number of carboxylic acids is 1. The highest BCUT2D eigenvalue weighted by Gasteiger charge is 2.50. The van der Waals surface area contributed by atoms with Crippen molar-refractivity contribution < 1.29 is 38.5 Å². The van der Waals surface area contributed by atoms with Gasteiger partial charge in [-0.25, -0.2) is 0 Å². The van der Waals surface area contributed by atoms with E-state index in [4.69, 9.17) is 14.2 Å². The van der Waals surface area contributed by atoms with Crippen LogP contribution in [-0.2, 0) is 33.4 Å². The summed E-state index contributed by atoms with van der Waals surface area (Å²) in [6.45, 7) is 25.1. The SMILES string of the molecule is CN1C(C)(C)CC(OC(=O)CC(C(=O)OC2CC(C)(C)N(C)C(C)(C)C2)C(CC(=O)O)C(=O)OC2CC(C)(C)N(C)C(C)(C)C2)CC1(C)C. The van der Waals surface area contributed by atoms with Gasteiger partial charge in [0, 0.05) is 71.8 Å². The first kappa shape index (κ1) is 41.2. The molecular weight excluding hydrogens is 626 g/mol. The number of rotatable bonds is 10. The van der Waals surface area contributed by atoms with Crippen molar-refractivity contribution in [2.24, 2.45) is 11.8 Å². The topological polar surface area (TPSA) is 126 Å². The molecule has 0 bridgehead atoms. The number of nitrogens with zero attached hydrogens (tertiary/aromatic N) is 3. The molecule has 0 aromatic rings. The van der Waals surface area contributed by atoms with Crippen molar-refractivity contribution in [2.45, 2.75) is 186 Å². The van der Waals surface area contributed by atoms with E-state index in [1.54, 1.807) is 0 Å². The number of carbonyl (C=O) groups excluding carboxylic acids is 3. The zero-order valence-electron chi connectivity index (χ0n) is 33.2. The highest BCUT2D eigenvalue weighted by Crippen LogP contribution is 2.42. The third-order valence-electron chi connectivity index (χ3n) is 12.5. The van der Waals surface area contributed by atoms with E-state index in [0.717, 1.165) is 0 Å². The van der Waals surface area contributed by atoms with E-state index >= 15 is 0 Å². The van der Waals surface area contributed by atoms with E-state index in [-0.39, 0.29) is 33.2 Å². The summed E-state index contributed by atoms with van der Waals surface area (Å²) in [7, 11) is 6.15. The minimum atomic E-state index is -1.43. The molecule has 2 atom stereocenters. The molecule has 3 heterocycles. The van der Waals surface area contributed by atoms with E-state index in [1.807, 2.05) is 14.1 Å². The van der Waals surface area contributed by atoms with Gasteiger partial charge in [-0.1, -0.05) is 0 Å². The molecule has 0 radical (unpaired) electrons. The normalized spacial score (nSPS) is 27.1. The lowest BCUT2D eigenvalue weighted by Gasteiger charge is -2.53. The van der Waals surface area contributed by atoms with Crippen molar-refractivity contribution in [1.82, 2.24) is 14.7 Å². The quantitative estimate of drug-likeness (QED) is 0.225. The van der Waals surface area contributed by atoms with Crippen LogP contribution in [0.5, 0.6) is 0 Å². The Morgan fingerprint density at radius 1 is 0.510 bits per heavy atom. The Morgan fingerprint density at radius 3 is 1.02 bits per heavy atom. The molecule has 0 aromatic heterocycles. The van der Waals surface area contributed by atoms with Crippen LogP contribution in [0.4, 0.5) is 0 Å². The Balaban J connectivity index is 1.93. The van der Waals surface area contributed by atoms with Crippen LogP contribution < -0.4 is 0 Å². The van der Waals surface area contributed by atoms with E-state index in [1.165, 1.54) is 0 Å². The van der Waals surface area contributed by atoms with Gasteiger partial charge < -0.3 is 19.3 Å². The van der Waals surface area contributed by atoms with Crippen LogP contribution in [0.1, 0.15) is 134 Å². The average Bonchev–Trinajstić information content (AvgIpc) is 2.89. The molecule has 3 rings (SSSR count). The van der Waals surface area contributed by atoms with Crippen molar-refractivity contribution in [3.63, 3.8) is 0 Å². The predicted molar refractivity (Wildman–Crippen MR) is 189 cm³/mol. The van der Waals surface area contributed by atoms with Gasteiger partial charge in [0.15, 0.2) is 0 Å². The lowest BCUT2D eigenvalue weighted by atomic mass is 9.78. The van der Waals surface area contributed by atoms with Crippen LogP contribution >= 0.6 is 0 Å². The van der Waals surface area contributed by atoms with Gasteiger partial charge in [0.1, 0.15) is 18.3 Å². The van der Waals surface area contributed by atoms with Gasteiger partial charge in [0.05, 0.1) is 24.7 Å². The zero-order chi connectivity index (χ0) is 37.7. The number of likely N-dealkylation sites (tertiary alicyclic amines) is 3. The third kappa shape index (κ3) is 9.56. The average molecular weight is 694 g/mol. The van der Waals surface area contributed by atoms with Crippen molar-refractivity contribution in [1.29, 1.82) is 0 Å². The van der Waals surface area contributed by atoms with Gasteiger partial charge in [-0.2, -0.15) is 0 Å². The highest BCUT2D eigenvalue weighted by molar-refractivity contribution is 5.88. The zero-order valence-corrected chi connectivity index (χ0v) is 33.2. The van der Waals surface area contributed by atoms with Crippen molar-refractivity contribution in [2.75, 3.05) is 21.1 Å². The molecule has 0 aromatic carbocycles. The Bertz CT molecular complexity index is 1200. The number of piperidine rings is 3. The smallest absolute Gasteiger partial charge is 0.310 e. The molecule has 0 saturated carbocycles. The second-order valence-electron chi connectivity index (χ2n) is 19.0. The first-order valence-electron chi connectivity index (χ1n) is 18.0. The Kier molecular flexibility index (Phi) is 11.8. The highest BCUT2D eigenvalue weighted by atomic mass is 16.6. The summed E-state index contributed by atoms with van der Waals surface area (Å²) in [6.07, 6.45) is 0.807. The van der Waals surface area contributed by atoms with Crippen LogP contribution in [0, 0.1) is 11.8 Å². The molecular formula is C38H67N3O8. The summed E-state index contributed by atoms with van der Waals surface area (Å²) in [5.74, 6) is -6.31. The summed E-state index contributed by atoms with van der Waals surface area (Å²) >= 11 is 0. The predicted octanol–water partition coefficient (Wildman–Crippen LogP) is 5.67. The summed E-state index contributed by atoms with van der Waals surface area (Å²) in [6, 6.07) is 0. The lowest BCUT2D eigenvalue weighted by molar-refractivity contribution is -0.181. The maximum Gasteiger partial charge on any atom is 0.310 e. The van der Waals surface area contributed by atoms with Crippen LogP contribution in [0.15, 0.2) is 0 Å². The molecule has 11 heteroatoms. The second kappa shape index (κ2) is 14.1.